The smallest absolute Gasteiger partial charge is 0.186 e. The summed E-state index contributed by atoms with van der Waals surface area (Å²) in [7, 11) is 0. The van der Waals surface area contributed by atoms with Gasteiger partial charge >= 0.3 is 0 Å². The number of halogens is 1. The van der Waals surface area contributed by atoms with Crippen LogP contribution in [0, 0.1) is 0 Å². The van der Waals surface area contributed by atoms with Crippen molar-refractivity contribution >= 4 is 33.6 Å². The minimum Gasteiger partial charge on any atom is -0.302 e. The number of fused-ring (bicyclic) bond motifs is 1. The third-order valence-electron chi connectivity index (χ3n) is 3.00. The van der Waals surface area contributed by atoms with Gasteiger partial charge in [-0.1, -0.05) is 41.9 Å². The van der Waals surface area contributed by atoms with Gasteiger partial charge in [0.2, 0.25) is 0 Å². The zero-order valence-corrected chi connectivity index (χ0v) is 11.9. The van der Waals surface area contributed by atoms with Crippen LogP contribution in [0.15, 0.2) is 59.5 Å². The first kappa shape index (κ1) is 13.2. The molecule has 1 atom stereocenters. The van der Waals surface area contributed by atoms with Gasteiger partial charge in [0.05, 0.1) is 21.1 Å². The highest BCUT2D eigenvalue weighted by Crippen LogP contribution is 2.29. The van der Waals surface area contributed by atoms with E-state index in [4.69, 9.17) is 16.2 Å². The quantitative estimate of drug-likeness (QED) is 0.724. The van der Waals surface area contributed by atoms with Crippen molar-refractivity contribution < 1.29 is 8.76 Å². The Kier molecular flexibility index (Phi) is 3.53. The first-order chi connectivity index (χ1) is 9.65. The van der Waals surface area contributed by atoms with E-state index in [1.807, 2.05) is 30.3 Å². The van der Waals surface area contributed by atoms with Crippen LogP contribution in [0.3, 0.4) is 0 Å². The van der Waals surface area contributed by atoms with E-state index in [1.54, 1.807) is 24.3 Å². The zero-order chi connectivity index (χ0) is 14.1. The minimum atomic E-state index is -2.02. The van der Waals surface area contributed by atoms with Gasteiger partial charge in [-0.15, -0.1) is 0 Å². The molecule has 3 rings (SSSR count). The van der Waals surface area contributed by atoms with E-state index >= 15 is 0 Å². The largest absolute Gasteiger partial charge is 0.302 e. The van der Waals surface area contributed by atoms with Crippen molar-refractivity contribution in [1.29, 1.82) is 0 Å². The Hall–Kier alpha value is -1.75. The van der Waals surface area contributed by atoms with Crippen LogP contribution in [-0.4, -0.2) is 13.7 Å². The molecule has 0 radical (unpaired) electrons. The summed E-state index contributed by atoms with van der Waals surface area (Å²) in [6.07, 6.45) is 0. The Morgan fingerprint density at radius 1 is 1.05 bits per heavy atom. The minimum absolute atomic E-state index is 0.314. The maximum atomic E-state index is 11.1. The van der Waals surface area contributed by atoms with Gasteiger partial charge < -0.3 is 4.55 Å². The highest BCUT2D eigenvalue weighted by atomic mass is 35.5. The summed E-state index contributed by atoms with van der Waals surface area (Å²) >= 11 is 4.25. The van der Waals surface area contributed by atoms with Crippen molar-refractivity contribution in [1.82, 2.24) is 4.98 Å². The van der Waals surface area contributed by atoms with Gasteiger partial charge in [-0.05, 0) is 24.3 Å². The number of benzene rings is 2. The highest BCUT2D eigenvalue weighted by Gasteiger charge is 2.08. The lowest BCUT2D eigenvalue weighted by Gasteiger charge is -2.06. The zero-order valence-electron chi connectivity index (χ0n) is 10.3. The summed E-state index contributed by atoms with van der Waals surface area (Å²) < 4.78 is 20.2. The van der Waals surface area contributed by atoms with Crippen molar-refractivity contribution in [2.75, 3.05) is 0 Å². The van der Waals surface area contributed by atoms with Crippen molar-refractivity contribution in [2.24, 2.45) is 0 Å². The molecule has 0 saturated heterocycles. The molecule has 0 amide bonds. The fourth-order valence-electron chi connectivity index (χ4n) is 2.03. The van der Waals surface area contributed by atoms with E-state index < -0.39 is 11.1 Å². The van der Waals surface area contributed by atoms with Gasteiger partial charge in [-0.2, -0.15) is 0 Å². The average molecular weight is 304 g/mol. The molecule has 0 spiro atoms. The average Bonchev–Trinajstić information content (AvgIpc) is 2.47. The predicted molar refractivity (Wildman–Crippen MR) is 81.2 cm³/mol. The highest BCUT2D eigenvalue weighted by molar-refractivity contribution is 7.79. The van der Waals surface area contributed by atoms with Crippen LogP contribution >= 0.6 is 11.6 Å². The molecule has 0 fully saturated rings. The SMILES string of the molecule is O=S(O)c1ccc2nc(-c3ccccc3)cc(Cl)c2c1. The van der Waals surface area contributed by atoms with Gasteiger partial charge in [0.15, 0.2) is 11.1 Å². The van der Waals surface area contributed by atoms with Gasteiger partial charge in [-0.25, -0.2) is 9.19 Å². The summed E-state index contributed by atoms with van der Waals surface area (Å²) in [5, 5.41) is 1.19. The second-order valence-electron chi connectivity index (χ2n) is 4.28. The molecule has 1 heterocycles. The molecule has 0 aliphatic carbocycles. The van der Waals surface area contributed by atoms with Crippen molar-refractivity contribution in [3.05, 3.63) is 59.6 Å². The second kappa shape index (κ2) is 5.32. The fraction of sp³-hybridized carbons (Fsp3) is 0. The van der Waals surface area contributed by atoms with E-state index in [2.05, 4.69) is 4.98 Å². The molecule has 1 aromatic heterocycles. The van der Waals surface area contributed by atoms with Crippen LogP contribution in [0.5, 0.6) is 0 Å². The maximum Gasteiger partial charge on any atom is 0.186 e. The van der Waals surface area contributed by atoms with Crippen LogP contribution in [0.25, 0.3) is 22.2 Å². The molecule has 0 aliphatic heterocycles. The molecule has 0 saturated carbocycles. The number of hydrogen-bond acceptors (Lipinski definition) is 2. The summed E-state index contributed by atoms with van der Waals surface area (Å²) in [6, 6.07) is 16.4. The first-order valence-corrected chi connectivity index (χ1v) is 7.40. The van der Waals surface area contributed by atoms with Gasteiger partial charge in [0.25, 0.3) is 0 Å². The van der Waals surface area contributed by atoms with Crippen LogP contribution in [-0.2, 0) is 11.1 Å². The Labute approximate surface area is 123 Å². The number of pyridine rings is 1. The number of rotatable bonds is 2. The molecule has 3 aromatic rings. The standard InChI is InChI=1S/C15H10ClNO2S/c16-13-9-15(10-4-2-1-3-5-10)17-14-7-6-11(20(18)19)8-12(13)14/h1-9H,(H,18,19). The van der Waals surface area contributed by atoms with Crippen molar-refractivity contribution in [3.8, 4) is 11.3 Å². The van der Waals surface area contributed by atoms with E-state index in [-0.39, 0.29) is 0 Å². The molecule has 0 bridgehead atoms. The molecule has 3 nitrogen and oxygen atoms in total. The maximum absolute atomic E-state index is 11.1. The lowest BCUT2D eigenvalue weighted by Crippen LogP contribution is -1.91. The summed E-state index contributed by atoms with van der Waals surface area (Å²) in [5.74, 6) is 0. The monoisotopic (exact) mass is 303 g/mol. The van der Waals surface area contributed by atoms with Crippen LogP contribution in [0.1, 0.15) is 0 Å². The van der Waals surface area contributed by atoms with Gasteiger partial charge in [0, 0.05) is 10.9 Å². The molecule has 20 heavy (non-hydrogen) atoms. The van der Waals surface area contributed by atoms with E-state index in [0.29, 0.717) is 20.8 Å². The van der Waals surface area contributed by atoms with Crippen molar-refractivity contribution in [3.63, 3.8) is 0 Å². The Morgan fingerprint density at radius 2 is 1.80 bits per heavy atom. The Balaban J connectivity index is 2.21. The number of hydrogen-bond donors (Lipinski definition) is 1. The van der Waals surface area contributed by atoms with Crippen LogP contribution in [0.4, 0.5) is 0 Å². The lowest BCUT2D eigenvalue weighted by molar-refractivity contribution is 0.564. The number of aromatic nitrogens is 1. The third kappa shape index (κ3) is 2.45. The third-order valence-corrected chi connectivity index (χ3v) is 3.97. The second-order valence-corrected chi connectivity index (χ2v) is 5.66. The Bertz CT molecular complexity index is 806. The molecular weight excluding hydrogens is 294 g/mol. The van der Waals surface area contributed by atoms with E-state index in [1.165, 1.54) is 0 Å². The molecule has 100 valence electrons. The topological polar surface area (TPSA) is 50.2 Å². The molecule has 1 N–H and O–H groups in total. The summed E-state index contributed by atoms with van der Waals surface area (Å²) in [6.45, 7) is 0. The van der Waals surface area contributed by atoms with Crippen LogP contribution in [0.2, 0.25) is 5.02 Å². The molecule has 5 heteroatoms. The molecule has 2 aromatic carbocycles. The van der Waals surface area contributed by atoms with Gasteiger partial charge in [0.1, 0.15) is 0 Å². The fourth-order valence-corrected chi connectivity index (χ4v) is 2.69. The van der Waals surface area contributed by atoms with Crippen LogP contribution < -0.4 is 0 Å². The number of nitrogens with zero attached hydrogens (tertiary/aromatic N) is 1. The van der Waals surface area contributed by atoms with E-state index in [0.717, 1.165) is 11.3 Å². The van der Waals surface area contributed by atoms with Crippen molar-refractivity contribution in [2.45, 2.75) is 4.90 Å². The summed E-state index contributed by atoms with van der Waals surface area (Å²) in [4.78, 5) is 4.86. The molecule has 0 aliphatic rings. The Morgan fingerprint density at radius 3 is 2.50 bits per heavy atom. The predicted octanol–water partition coefficient (Wildman–Crippen LogP) is 4.14. The molecular formula is C15H10ClNO2S. The normalized spacial score (nSPS) is 12.5. The molecule has 1 unspecified atom stereocenters. The van der Waals surface area contributed by atoms with Gasteiger partial charge in [-0.3, -0.25) is 0 Å². The lowest BCUT2D eigenvalue weighted by atomic mass is 10.1. The first-order valence-electron chi connectivity index (χ1n) is 5.92. The van der Waals surface area contributed by atoms with E-state index in [9.17, 15) is 4.21 Å². The summed E-state index contributed by atoms with van der Waals surface area (Å²) in [5.41, 5.74) is 2.46.